The second-order valence-corrected chi connectivity index (χ2v) is 3.65. The first-order valence-corrected chi connectivity index (χ1v) is 5.05. The van der Waals surface area contributed by atoms with E-state index in [9.17, 15) is 18.0 Å². The Kier molecular flexibility index (Phi) is 3.79. The van der Waals surface area contributed by atoms with Gasteiger partial charge in [-0.3, -0.25) is 4.79 Å². The standard InChI is InChI=1S/C11H7ClF3NO/c1-6-2-7(5-16)3-8(9(17)4-12)10(6)11(13,14)15/h2-3H,4H2,1H3. The quantitative estimate of drug-likeness (QED) is 0.605. The van der Waals surface area contributed by atoms with Crippen LogP contribution in [0, 0.1) is 18.3 Å². The first-order valence-electron chi connectivity index (χ1n) is 4.52. The molecule has 6 heteroatoms. The van der Waals surface area contributed by atoms with Crippen LogP contribution in [0.5, 0.6) is 0 Å². The van der Waals surface area contributed by atoms with Gasteiger partial charge >= 0.3 is 6.18 Å². The van der Waals surface area contributed by atoms with E-state index in [1.165, 1.54) is 6.92 Å². The first kappa shape index (κ1) is 13.5. The van der Waals surface area contributed by atoms with E-state index in [1.807, 2.05) is 0 Å². The third-order valence-electron chi connectivity index (χ3n) is 2.17. The number of nitriles is 1. The Hall–Kier alpha value is -1.54. The Bertz CT molecular complexity index is 503. The molecule has 0 atom stereocenters. The number of rotatable bonds is 2. The van der Waals surface area contributed by atoms with E-state index in [1.54, 1.807) is 6.07 Å². The maximum Gasteiger partial charge on any atom is 0.417 e. The van der Waals surface area contributed by atoms with Gasteiger partial charge in [0.25, 0.3) is 0 Å². The Morgan fingerprint density at radius 2 is 2.06 bits per heavy atom. The highest BCUT2D eigenvalue weighted by Crippen LogP contribution is 2.35. The molecule has 0 aliphatic carbocycles. The molecule has 0 unspecified atom stereocenters. The number of ketones is 1. The first-order chi connectivity index (χ1) is 7.81. The molecule has 90 valence electrons. The number of hydrogen-bond acceptors (Lipinski definition) is 2. The van der Waals surface area contributed by atoms with E-state index in [2.05, 4.69) is 0 Å². The van der Waals surface area contributed by atoms with Crippen molar-refractivity contribution >= 4 is 17.4 Å². The summed E-state index contributed by atoms with van der Waals surface area (Å²) in [6.07, 6.45) is -4.64. The van der Waals surface area contributed by atoms with Crippen molar-refractivity contribution in [3.8, 4) is 6.07 Å². The average molecular weight is 262 g/mol. The van der Waals surface area contributed by atoms with Gasteiger partial charge in [-0.2, -0.15) is 18.4 Å². The molecule has 0 aliphatic rings. The monoisotopic (exact) mass is 261 g/mol. The summed E-state index contributed by atoms with van der Waals surface area (Å²) >= 11 is 5.26. The highest BCUT2D eigenvalue weighted by molar-refractivity contribution is 6.30. The minimum absolute atomic E-state index is 0.00367. The lowest BCUT2D eigenvalue weighted by atomic mass is 9.96. The number of hydrogen-bond donors (Lipinski definition) is 0. The van der Waals surface area contributed by atoms with Crippen molar-refractivity contribution in [2.45, 2.75) is 13.1 Å². The minimum Gasteiger partial charge on any atom is -0.293 e. The van der Waals surface area contributed by atoms with Gasteiger partial charge in [0.15, 0.2) is 5.78 Å². The lowest BCUT2D eigenvalue weighted by Crippen LogP contribution is -2.16. The zero-order valence-corrected chi connectivity index (χ0v) is 9.49. The van der Waals surface area contributed by atoms with Gasteiger partial charge in [-0.15, -0.1) is 11.6 Å². The van der Waals surface area contributed by atoms with E-state index < -0.39 is 29.0 Å². The lowest BCUT2D eigenvalue weighted by molar-refractivity contribution is -0.138. The summed E-state index contributed by atoms with van der Waals surface area (Å²) in [6.45, 7) is 1.20. The highest BCUT2D eigenvalue weighted by atomic mass is 35.5. The van der Waals surface area contributed by atoms with Gasteiger partial charge in [-0.25, -0.2) is 0 Å². The summed E-state index contributed by atoms with van der Waals surface area (Å²) in [5.41, 5.74) is -1.74. The van der Waals surface area contributed by atoms with Crippen molar-refractivity contribution in [2.75, 3.05) is 5.88 Å². The molecule has 1 rings (SSSR count). The van der Waals surface area contributed by atoms with E-state index in [0.717, 1.165) is 12.1 Å². The van der Waals surface area contributed by atoms with Crippen LogP contribution < -0.4 is 0 Å². The van der Waals surface area contributed by atoms with Crippen LogP contribution in [0.4, 0.5) is 13.2 Å². The van der Waals surface area contributed by atoms with Crippen molar-refractivity contribution in [3.63, 3.8) is 0 Å². The van der Waals surface area contributed by atoms with Gasteiger partial charge in [-0.1, -0.05) is 0 Å². The predicted octanol–water partition coefficient (Wildman–Crippen LogP) is 3.31. The summed E-state index contributed by atoms with van der Waals surface area (Å²) in [5, 5.41) is 8.66. The van der Waals surface area contributed by atoms with Crippen LogP contribution in [-0.2, 0) is 6.18 Å². The Balaban J connectivity index is 3.58. The summed E-state index contributed by atoms with van der Waals surface area (Å²) in [6, 6.07) is 3.71. The number of halogens is 4. The fourth-order valence-electron chi connectivity index (χ4n) is 1.52. The van der Waals surface area contributed by atoms with Crippen LogP contribution in [0.1, 0.15) is 27.0 Å². The maximum atomic E-state index is 12.8. The summed E-state index contributed by atoms with van der Waals surface area (Å²) in [5.74, 6) is -1.41. The molecule has 0 spiro atoms. The molecule has 0 saturated heterocycles. The summed E-state index contributed by atoms with van der Waals surface area (Å²) in [7, 11) is 0. The minimum atomic E-state index is -4.64. The Labute approximate surface area is 101 Å². The molecule has 2 nitrogen and oxygen atoms in total. The molecule has 0 saturated carbocycles. The molecule has 0 fully saturated rings. The third-order valence-corrected chi connectivity index (χ3v) is 2.41. The van der Waals surface area contributed by atoms with Crippen LogP contribution in [0.3, 0.4) is 0 Å². The molecule has 1 aromatic rings. The van der Waals surface area contributed by atoms with Gasteiger partial charge in [0.05, 0.1) is 23.1 Å². The van der Waals surface area contributed by atoms with Crippen molar-refractivity contribution in [3.05, 3.63) is 34.4 Å². The maximum absolute atomic E-state index is 12.8. The SMILES string of the molecule is Cc1cc(C#N)cc(C(=O)CCl)c1C(F)(F)F. The molecular weight excluding hydrogens is 255 g/mol. The van der Waals surface area contributed by atoms with Crippen LogP contribution >= 0.6 is 11.6 Å². The number of carbonyl (C=O) groups is 1. The van der Waals surface area contributed by atoms with E-state index in [4.69, 9.17) is 16.9 Å². The molecule has 0 radical (unpaired) electrons. The second-order valence-electron chi connectivity index (χ2n) is 3.38. The van der Waals surface area contributed by atoms with Crippen molar-refractivity contribution in [1.29, 1.82) is 5.26 Å². The fraction of sp³-hybridized carbons (Fsp3) is 0.273. The number of Topliss-reactive ketones (excluding diaryl/α,β-unsaturated/α-hetero) is 1. The van der Waals surface area contributed by atoms with Crippen LogP contribution in [0.15, 0.2) is 12.1 Å². The zero-order valence-electron chi connectivity index (χ0n) is 8.73. The number of benzene rings is 1. The van der Waals surface area contributed by atoms with Gasteiger partial charge < -0.3 is 0 Å². The largest absolute Gasteiger partial charge is 0.417 e. The van der Waals surface area contributed by atoms with Crippen molar-refractivity contribution in [1.82, 2.24) is 0 Å². The predicted molar refractivity (Wildman–Crippen MR) is 55.9 cm³/mol. The van der Waals surface area contributed by atoms with Crippen molar-refractivity contribution in [2.24, 2.45) is 0 Å². The summed E-state index contributed by atoms with van der Waals surface area (Å²) < 4.78 is 38.3. The third kappa shape index (κ3) is 2.77. The van der Waals surface area contributed by atoms with E-state index in [-0.39, 0.29) is 11.1 Å². The number of aryl methyl sites for hydroxylation is 1. The highest BCUT2D eigenvalue weighted by Gasteiger charge is 2.37. The molecule has 0 amide bonds. The van der Waals surface area contributed by atoms with Gasteiger partial charge in [0, 0.05) is 5.56 Å². The number of carbonyl (C=O) groups excluding carboxylic acids is 1. The van der Waals surface area contributed by atoms with Crippen LogP contribution in [0.25, 0.3) is 0 Å². The average Bonchev–Trinajstić information content (AvgIpc) is 2.24. The molecule has 0 heterocycles. The molecule has 0 bridgehead atoms. The number of alkyl halides is 4. The fourth-order valence-corrected chi connectivity index (χ4v) is 1.66. The van der Waals surface area contributed by atoms with E-state index >= 15 is 0 Å². The normalized spacial score (nSPS) is 11.1. The Morgan fingerprint density at radius 3 is 2.47 bits per heavy atom. The Morgan fingerprint density at radius 1 is 1.47 bits per heavy atom. The van der Waals surface area contributed by atoms with Crippen LogP contribution in [0.2, 0.25) is 0 Å². The molecule has 17 heavy (non-hydrogen) atoms. The van der Waals surface area contributed by atoms with E-state index in [0.29, 0.717) is 0 Å². The topological polar surface area (TPSA) is 40.9 Å². The molecule has 0 aromatic heterocycles. The lowest BCUT2D eigenvalue weighted by Gasteiger charge is -2.14. The van der Waals surface area contributed by atoms with Gasteiger partial charge in [0.2, 0.25) is 0 Å². The molecular formula is C11H7ClF3NO. The summed E-state index contributed by atoms with van der Waals surface area (Å²) in [4.78, 5) is 11.4. The second kappa shape index (κ2) is 4.76. The zero-order chi connectivity index (χ0) is 13.2. The molecule has 1 aromatic carbocycles. The molecule has 0 aliphatic heterocycles. The van der Waals surface area contributed by atoms with Crippen LogP contribution in [-0.4, -0.2) is 11.7 Å². The number of nitrogens with zero attached hydrogens (tertiary/aromatic N) is 1. The smallest absolute Gasteiger partial charge is 0.293 e. The van der Waals surface area contributed by atoms with Crippen molar-refractivity contribution < 1.29 is 18.0 Å². The molecule has 0 N–H and O–H groups in total. The van der Waals surface area contributed by atoms with Gasteiger partial charge in [-0.05, 0) is 24.6 Å². The van der Waals surface area contributed by atoms with Gasteiger partial charge in [0.1, 0.15) is 0 Å².